The van der Waals surface area contributed by atoms with E-state index in [-0.39, 0.29) is 0 Å². The van der Waals surface area contributed by atoms with Crippen LogP contribution in [0.2, 0.25) is 0 Å². The summed E-state index contributed by atoms with van der Waals surface area (Å²) in [6, 6.07) is 23.1. The summed E-state index contributed by atoms with van der Waals surface area (Å²) in [5, 5.41) is 2.52. The van der Waals surface area contributed by atoms with Crippen LogP contribution in [0.15, 0.2) is 71.2 Å². The van der Waals surface area contributed by atoms with Crippen LogP contribution in [0, 0.1) is 0 Å². The van der Waals surface area contributed by atoms with E-state index in [0.29, 0.717) is 0 Å². The molecule has 0 fully saturated rings. The molecule has 2 nitrogen and oxygen atoms in total. The van der Waals surface area contributed by atoms with Crippen molar-refractivity contribution < 1.29 is 4.74 Å². The molecule has 0 saturated carbocycles. The Bertz CT molecular complexity index is 934. The third-order valence-corrected chi connectivity index (χ3v) is 4.39. The maximum absolute atomic E-state index is 5.41. The highest BCUT2D eigenvalue weighted by atomic mass is 79.9. The molecule has 0 radical (unpaired) electrons. The summed E-state index contributed by atoms with van der Waals surface area (Å²) >= 11 is 3.57. The molecule has 0 atom stereocenters. The summed E-state index contributed by atoms with van der Waals surface area (Å²) in [6.45, 7) is 0. The fraction of sp³-hybridized carbons (Fsp3) is 0.0526. The van der Waals surface area contributed by atoms with Crippen molar-refractivity contribution in [3.8, 4) is 11.4 Å². The van der Waals surface area contributed by atoms with Crippen molar-refractivity contribution in [1.82, 2.24) is 4.57 Å². The van der Waals surface area contributed by atoms with E-state index in [1.807, 2.05) is 6.07 Å². The van der Waals surface area contributed by atoms with Crippen LogP contribution in [0.5, 0.6) is 5.75 Å². The van der Waals surface area contributed by atoms with Gasteiger partial charge in [0, 0.05) is 21.3 Å². The average Bonchev–Trinajstić information content (AvgIpc) is 2.89. The number of aromatic nitrogens is 1. The van der Waals surface area contributed by atoms with Crippen LogP contribution in [0.3, 0.4) is 0 Å². The first-order valence-corrected chi connectivity index (χ1v) is 7.90. The van der Waals surface area contributed by atoms with Gasteiger partial charge in [0.25, 0.3) is 0 Å². The van der Waals surface area contributed by atoms with Gasteiger partial charge in [-0.3, -0.25) is 0 Å². The van der Waals surface area contributed by atoms with Crippen LogP contribution in [0.25, 0.3) is 27.5 Å². The van der Waals surface area contributed by atoms with Gasteiger partial charge in [-0.15, -0.1) is 0 Å². The topological polar surface area (TPSA) is 14.2 Å². The summed E-state index contributed by atoms with van der Waals surface area (Å²) < 4.78 is 8.69. The number of fused-ring (bicyclic) bond motifs is 3. The molecular weight excluding hydrogens is 338 g/mol. The smallest absolute Gasteiger partial charge is 0.122 e. The third kappa shape index (κ3) is 2.01. The molecule has 0 amide bonds. The van der Waals surface area contributed by atoms with Gasteiger partial charge in [-0.2, -0.15) is 0 Å². The fourth-order valence-corrected chi connectivity index (χ4v) is 3.46. The minimum Gasteiger partial charge on any atom is -0.497 e. The van der Waals surface area contributed by atoms with Gasteiger partial charge in [0.15, 0.2) is 0 Å². The number of nitrogens with zero attached hydrogens (tertiary/aromatic N) is 1. The van der Waals surface area contributed by atoms with Crippen molar-refractivity contribution in [2.45, 2.75) is 0 Å². The van der Waals surface area contributed by atoms with E-state index in [1.165, 1.54) is 21.8 Å². The highest BCUT2D eigenvalue weighted by molar-refractivity contribution is 9.10. The molecule has 0 saturated heterocycles. The van der Waals surface area contributed by atoms with Crippen molar-refractivity contribution in [2.75, 3.05) is 7.11 Å². The minimum absolute atomic E-state index is 0.839. The molecular formula is C19H14BrNO. The molecule has 0 aliphatic heterocycles. The molecule has 1 heterocycles. The summed E-state index contributed by atoms with van der Waals surface area (Å²) in [7, 11) is 1.69. The van der Waals surface area contributed by atoms with Gasteiger partial charge < -0.3 is 9.30 Å². The second-order valence-electron chi connectivity index (χ2n) is 5.22. The Kier molecular flexibility index (Phi) is 3.16. The zero-order valence-electron chi connectivity index (χ0n) is 12.1. The molecule has 22 heavy (non-hydrogen) atoms. The number of benzene rings is 3. The van der Waals surface area contributed by atoms with Gasteiger partial charge >= 0.3 is 0 Å². The molecule has 0 spiro atoms. The second kappa shape index (κ2) is 5.18. The molecule has 3 aromatic carbocycles. The van der Waals surface area contributed by atoms with Crippen LogP contribution in [-0.2, 0) is 0 Å². The van der Waals surface area contributed by atoms with Crippen LogP contribution in [0.4, 0.5) is 0 Å². The highest BCUT2D eigenvalue weighted by Crippen LogP contribution is 2.33. The lowest BCUT2D eigenvalue weighted by Crippen LogP contribution is -1.95. The number of halogens is 1. The van der Waals surface area contributed by atoms with Crippen LogP contribution >= 0.6 is 15.9 Å². The summed E-state index contributed by atoms with van der Waals surface area (Å²) in [5.41, 5.74) is 3.48. The van der Waals surface area contributed by atoms with E-state index in [9.17, 15) is 0 Å². The molecule has 4 aromatic rings. The molecule has 1 aromatic heterocycles. The summed E-state index contributed by atoms with van der Waals surface area (Å²) in [6.07, 6.45) is 0. The highest BCUT2D eigenvalue weighted by Gasteiger charge is 2.12. The van der Waals surface area contributed by atoms with E-state index >= 15 is 0 Å². The Hall–Kier alpha value is -2.26. The van der Waals surface area contributed by atoms with Crippen molar-refractivity contribution >= 4 is 37.7 Å². The molecule has 4 rings (SSSR count). The predicted molar refractivity (Wildman–Crippen MR) is 95.0 cm³/mol. The first kappa shape index (κ1) is 13.4. The molecule has 0 aliphatic carbocycles. The lowest BCUT2D eigenvalue weighted by Gasteiger charge is -2.10. The van der Waals surface area contributed by atoms with Crippen LogP contribution in [-0.4, -0.2) is 11.7 Å². The first-order chi connectivity index (χ1) is 10.8. The van der Waals surface area contributed by atoms with E-state index in [1.54, 1.807) is 7.11 Å². The maximum atomic E-state index is 5.41. The largest absolute Gasteiger partial charge is 0.497 e. The van der Waals surface area contributed by atoms with Crippen LogP contribution in [0.1, 0.15) is 0 Å². The SMILES string of the molecule is COc1cc(Br)cc(-n2c3ccccc3c3ccccc32)c1. The van der Waals surface area contributed by atoms with E-state index in [2.05, 4.69) is 81.2 Å². The van der Waals surface area contributed by atoms with Crippen molar-refractivity contribution in [3.63, 3.8) is 0 Å². The van der Waals surface area contributed by atoms with Crippen LogP contribution < -0.4 is 4.74 Å². The number of rotatable bonds is 2. The normalized spacial score (nSPS) is 11.2. The number of methoxy groups -OCH3 is 1. The minimum atomic E-state index is 0.839. The fourth-order valence-electron chi connectivity index (χ4n) is 3.00. The summed E-state index contributed by atoms with van der Waals surface area (Å²) in [4.78, 5) is 0. The molecule has 108 valence electrons. The van der Waals surface area contributed by atoms with Gasteiger partial charge in [-0.1, -0.05) is 52.3 Å². The standard InChI is InChI=1S/C19H14BrNO/c1-22-15-11-13(20)10-14(12-15)21-18-8-4-2-6-16(18)17-7-3-5-9-19(17)21/h2-12H,1H3. The van der Waals surface area contributed by atoms with Crippen molar-refractivity contribution in [1.29, 1.82) is 0 Å². The molecule has 3 heteroatoms. The lowest BCUT2D eigenvalue weighted by molar-refractivity contribution is 0.414. The van der Waals surface area contributed by atoms with E-state index < -0.39 is 0 Å². The number of ether oxygens (including phenoxy) is 1. The second-order valence-corrected chi connectivity index (χ2v) is 6.13. The van der Waals surface area contributed by atoms with Gasteiger partial charge in [0.1, 0.15) is 5.75 Å². The monoisotopic (exact) mass is 351 g/mol. The van der Waals surface area contributed by atoms with E-state index in [4.69, 9.17) is 4.74 Å². The Morgan fingerprint density at radius 3 is 2.00 bits per heavy atom. The molecule has 0 aliphatic rings. The molecule has 0 unspecified atom stereocenters. The summed E-state index contributed by atoms with van der Waals surface area (Å²) in [5.74, 6) is 0.839. The number of hydrogen-bond donors (Lipinski definition) is 0. The lowest BCUT2D eigenvalue weighted by atomic mass is 10.2. The quantitative estimate of drug-likeness (QED) is 0.461. The van der Waals surface area contributed by atoms with E-state index in [0.717, 1.165) is 15.9 Å². The van der Waals surface area contributed by atoms with Gasteiger partial charge in [0.05, 0.1) is 23.8 Å². The molecule has 0 N–H and O–H groups in total. The Morgan fingerprint density at radius 1 is 0.818 bits per heavy atom. The Labute approximate surface area is 137 Å². The number of hydrogen-bond acceptors (Lipinski definition) is 1. The maximum Gasteiger partial charge on any atom is 0.122 e. The predicted octanol–water partition coefficient (Wildman–Crippen LogP) is 5.55. The number of para-hydroxylation sites is 2. The average molecular weight is 352 g/mol. The Balaban J connectivity index is 2.15. The third-order valence-electron chi connectivity index (χ3n) is 3.93. The van der Waals surface area contributed by atoms with Gasteiger partial charge in [0.2, 0.25) is 0 Å². The van der Waals surface area contributed by atoms with Gasteiger partial charge in [-0.05, 0) is 24.3 Å². The first-order valence-electron chi connectivity index (χ1n) is 7.11. The van der Waals surface area contributed by atoms with Gasteiger partial charge in [-0.25, -0.2) is 0 Å². The van der Waals surface area contributed by atoms with Crippen molar-refractivity contribution in [3.05, 3.63) is 71.2 Å². The Morgan fingerprint density at radius 2 is 1.41 bits per heavy atom. The zero-order valence-corrected chi connectivity index (χ0v) is 13.7. The molecule has 0 bridgehead atoms. The zero-order chi connectivity index (χ0) is 15.1. The van der Waals surface area contributed by atoms with Crippen molar-refractivity contribution in [2.24, 2.45) is 0 Å².